The van der Waals surface area contributed by atoms with Crippen LogP contribution in [0.4, 0.5) is 10.1 Å². The lowest BCUT2D eigenvalue weighted by atomic mass is 9.96. The van der Waals surface area contributed by atoms with E-state index < -0.39 is 0 Å². The normalized spacial score (nSPS) is 16.4. The molecule has 0 saturated carbocycles. The molecule has 0 spiro atoms. The molecule has 2 aromatic rings. The Morgan fingerprint density at radius 2 is 1.71 bits per heavy atom. The Hall–Kier alpha value is -3.09. The van der Waals surface area contributed by atoms with Crippen LogP contribution in [0.5, 0.6) is 11.5 Å². The number of methoxy groups -OCH3 is 2. The summed E-state index contributed by atoms with van der Waals surface area (Å²) in [7, 11) is 3.08. The van der Waals surface area contributed by atoms with Gasteiger partial charge in [0, 0.05) is 42.5 Å². The van der Waals surface area contributed by atoms with Crippen LogP contribution in [0.2, 0.25) is 0 Å². The van der Waals surface area contributed by atoms with Crippen molar-refractivity contribution in [3.8, 4) is 11.5 Å². The Morgan fingerprint density at radius 1 is 1.07 bits per heavy atom. The maximum atomic E-state index is 13.1. The summed E-state index contributed by atoms with van der Waals surface area (Å²) in [5, 5.41) is 2.88. The van der Waals surface area contributed by atoms with E-state index >= 15 is 0 Å². The van der Waals surface area contributed by atoms with Gasteiger partial charge in [-0.05, 0) is 37.1 Å². The molecule has 1 fully saturated rings. The Morgan fingerprint density at radius 3 is 2.32 bits per heavy atom. The average Bonchev–Trinajstić information content (AvgIpc) is 2.73. The third-order valence-electron chi connectivity index (χ3n) is 4.79. The van der Waals surface area contributed by atoms with Crippen molar-refractivity contribution in [2.24, 2.45) is 5.92 Å². The number of rotatable bonds is 5. The maximum Gasteiger partial charge on any atom is 0.253 e. The number of hydrogen-bond donors (Lipinski definition) is 1. The highest BCUT2D eigenvalue weighted by Crippen LogP contribution is 2.27. The molecule has 1 aliphatic rings. The van der Waals surface area contributed by atoms with Gasteiger partial charge in [-0.15, -0.1) is 0 Å². The van der Waals surface area contributed by atoms with Gasteiger partial charge in [-0.25, -0.2) is 4.39 Å². The second-order valence-corrected chi connectivity index (χ2v) is 6.69. The van der Waals surface area contributed by atoms with Crippen LogP contribution in [0, 0.1) is 11.7 Å². The summed E-state index contributed by atoms with van der Waals surface area (Å²) < 4.78 is 23.5. The summed E-state index contributed by atoms with van der Waals surface area (Å²) in [6.45, 7) is 0.899. The van der Waals surface area contributed by atoms with Gasteiger partial charge in [0.15, 0.2) is 0 Å². The van der Waals surface area contributed by atoms with Crippen molar-refractivity contribution in [3.63, 3.8) is 0 Å². The number of nitrogens with zero attached hydrogens (tertiary/aromatic N) is 1. The third-order valence-corrected chi connectivity index (χ3v) is 4.79. The number of benzene rings is 2. The highest BCUT2D eigenvalue weighted by atomic mass is 19.1. The Kier molecular flexibility index (Phi) is 6.13. The minimum Gasteiger partial charge on any atom is -0.497 e. The largest absolute Gasteiger partial charge is 0.497 e. The number of anilines is 1. The zero-order valence-corrected chi connectivity index (χ0v) is 15.9. The van der Waals surface area contributed by atoms with Crippen LogP contribution in [0.15, 0.2) is 42.5 Å². The molecule has 1 saturated heterocycles. The lowest BCUT2D eigenvalue weighted by molar-refractivity contribution is -0.121. The molecule has 0 radical (unpaired) electrons. The number of halogens is 1. The molecule has 7 heteroatoms. The van der Waals surface area contributed by atoms with Gasteiger partial charge in [-0.2, -0.15) is 0 Å². The van der Waals surface area contributed by atoms with Crippen LogP contribution in [-0.2, 0) is 4.79 Å². The highest BCUT2D eigenvalue weighted by molar-refractivity contribution is 5.96. The van der Waals surface area contributed by atoms with Crippen molar-refractivity contribution < 1.29 is 23.5 Å². The molecule has 0 bridgehead atoms. The topological polar surface area (TPSA) is 67.9 Å². The van der Waals surface area contributed by atoms with Crippen molar-refractivity contribution in [3.05, 3.63) is 53.8 Å². The number of carbonyl (C=O) groups excluding carboxylic acids is 2. The van der Waals surface area contributed by atoms with E-state index in [-0.39, 0.29) is 23.5 Å². The average molecular weight is 386 g/mol. The quantitative estimate of drug-likeness (QED) is 0.856. The Labute approximate surface area is 163 Å². The van der Waals surface area contributed by atoms with Crippen LogP contribution in [0.1, 0.15) is 23.2 Å². The van der Waals surface area contributed by atoms with Gasteiger partial charge >= 0.3 is 0 Å². The molecular weight excluding hydrogens is 363 g/mol. The van der Waals surface area contributed by atoms with Crippen LogP contribution in [0.3, 0.4) is 0 Å². The standard InChI is InChI=1S/C21H23FN2O4/c1-27-18-10-17(11-19(12-18)28-2)23-20(25)15-4-3-9-24(13-15)21(26)14-5-7-16(22)8-6-14/h5-8,10-12,15H,3-4,9,13H2,1-2H3,(H,23,25). The lowest BCUT2D eigenvalue weighted by Gasteiger charge is -2.32. The van der Waals surface area contributed by atoms with E-state index in [9.17, 15) is 14.0 Å². The fraction of sp³-hybridized carbons (Fsp3) is 0.333. The van der Waals surface area contributed by atoms with Gasteiger partial charge in [-0.3, -0.25) is 9.59 Å². The maximum absolute atomic E-state index is 13.1. The zero-order chi connectivity index (χ0) is 20.1. The first-order chi connectivity index (χ1) is 13.5. The molecule has 0 aromatic heterocycles. The van der Waals surface area contributed by atoms with Gasteiger partial charge in [0.1, 0.15) is 17.3 Å². The molecule has 3 rings (SSSR count). The summed E-state index contributed by atoms with van der Waals surface area (Å²) in [5.41, 5.74) is 0.989. The van der Waals surface area contributed by atoms with Crippen molar-refractivity contribution in [2.45, 2.75) is 12.8 Å². The number of hydrogen-bond acceptors (Lipinski definition) is 4. The van der Waals surface area contributed by atoms with E-state index in [2.05, 4.69) is 5.32 Å². The minimum atomic E-state index is -0.388. The smallest absolute Gasteiger partial charge is 0.253 e. The van der Waals surface area contributed by atoms with Crippen LogP contribution < -0.4 is 14.8 Å². The van der Waals surface area contributed by atoms with Crippen molar-refractivity contribution >= 4 is 17.5 Å². The summed E-state index contributed by atoms with van der Waals surface area (Å²) in [6.07, 6.45) is 1.42. The van der Waals surface area contributed by atoms with E-state index in [4.69, 9.17) is 9.47 Å². The number of carbonyl (C=O) groups is 2. The number of likely N-dealkylation sites (tertiary alicyclic amines) is 1. The van der Waals surface area contributed by atoms with Crippen LogP contribution in [-0.4, -0.2) is 44.0 Å². The molecule has 2 amide bonds. The molecule has 148 valence electrons. The molecule has 1 atom stereocenters. The van der Waals surface area contributed by atoms with Crippen molar-refractivity contribution in [1.29, 1.82) is 0 Å². The fourth-order valence-electron chi connectivity index (χ4n) is 3.27. The molecule has 1 N–H and O–H groups in total. The van der Waals surface area contributed by atoms with Crippen molar-refractivity contribution in [2.75, 3.05) is 32.6 Å². The van der Waals surface area contributed by atoms with E-state index in [1.165, 1.54) is 24.3 Å². The molecular formula is C21H23FN2O4. The SMILES string of the molecule is COc1cc(NC(=O)C2CCCN(C(=O)c3ccc(F)cc3)C2)cc(OC)c1. The van der Waals surface area contributed by atoms with Gasteiger partial charge < -0.3 is 19.7 Å². The number of amides is 2. The molecule has 6 nitrogen and oxygen atoms in total. The monoisotopic (exact) mass is 386 g/mol. The van der Waals surface area contributed by atoms with E-state index in [1.54, 1.807) is 37.3 Å². The number of nitrogens with one attached hydrogen (secondary N) is 1. The van der Waals surface area contributed by atoms with Gasteiger partial charge in [0.25, 0.3) is 5.91 Å². The number of ether oxygens (including phenoxy) is 2. The predicted molar refractivity (Wildman–Crippen MR) is 103 cm³/mol. The van der Waals surface area contributed by atoms with Crippen LogP contribution in [0.25, 0.3) is 0 Å². The zero-order valence-electron chi connectivity index (χ0n) is 15.9. The molecule has 1 heterocycles. The first kappa shape index (κ1) is 19.7. The molecule has 2 aromatic carbocycles. The van der Waals surface area contributed by atoms with Crippen LogP contribution >= 0.6 is 0 Å². The van der Waals surface area contributed by atoms with E-state index in [1.807, 2.05) is 0 Å². The third kappa shape index (κ3) is 4.60. The first-order valence-electron chi connectivity index (χ1n) is 9.09. The second-order valence-electron chi connectivity index (χ2n) is 6.69. The summed E-state index contributed by atoms with van der Waals surface area (Å²) >= 11 is 0. The predicted octanol–water partition coefficient (Wildman–Crippen LogP) is 3.33. The summed E-state index contributed by atoms with van der Waals surface area (Å²) in [5.74, 6) is 0.0850. The molecule has 0 aliphatic carbocycles. The minimum absolute atomic E-state index is 0.160. The van der Waals surface area contributed by atoms with E-state index in [0.29, 0.717) is 42.3 Å². The van der Waals surface area contributed by atoms with Gasteiger partial charge in [0.2, 0.25) is 5.91 Å². The Bertz CT molecular complexity index is 832. The molecule has 1 unspecified atom stereocenters. The summed E-state index contributed by atoms with van der Waals surface area (Å²) in [4.78, 5) is 27.0. The summed E-state index contributed by atoms with van der Waals surface area (Å²) in [6, 6.07) is 10.6. The first-order valence-corrected chi connectivity index (χ1v) is 9.09. The number of piperidine rings is 1. The molecule has 28 heavy (non-hydrogen) atoms. The van der Waals surface area contributed by atoms with Gasteiger partial charge in [-0.1, -0.05) is 0 Å². The van der Waals surface area contributed by atoms with Gasteiger partial charge in [0.05, 0.1) is 20.1 Å². The highest BCUT2D eigenvalue weighted by Gasteiger charge is 2.29. The fourth-order valence-corrected chi connectivity index (χ4v) is 3.27. The second kappa shape index (κ2) is 8.73. The van der Waals surface area contributed by atoms with E-state index in [0.717, 1.165) is 6.42 Å². The lowest BCUT2D eigenvalue weighted by Crippen LogP contribution is -2.43. The Balaban J connectivity index is 1.67. The molecule has 1 aliphatic heterocycles. The van der Waals surface area contributed by atoms with Crippen molar-refractivity contribution in [1.82, 2.24) is 4.90 Å².